The highest BCUT2D eigenvalue weighted by molar-refractivity contribution is 5.84. The van der Waals surface area contributed by atoms with Gasteiger partial charge in [0.25, 0.3) is 0 Å². The van der Waals surface area contributed by atoms with Gasteiger partial charge in [-0.25, -0.2) is 4.79 Å². The molecule has 1 aromatic rings. The summed E-state index contributed by atoms with van der Waals surface area (Å²) in [4.78, 5) is 11.4. The van der Waals surface area contributed by atoms with Gasteiger partial charge in [0, 0.05) is 0 Å². The van der Waals surface area contributed by atoms with E-state index in [1.165, 1.54) is 0 Å². The maximum Gasteiger partial charge on any atom is 0.416 e. The Morgan fingerprint density at radius 3 is 2.43 bits per heavy atom. The first-order chi connectivity index (χ1) is 9.78. The first-order valence-corrected chi connectivity index (χ1v) is 6.41. The first kappa shape index (κ1) is 15.2. The van der Waals surface area contributed by atoms with Crippen LogP contribution in [0.25, 0.3) is 0 Å². The minimum atomic E-state index is -4.54. The number of carboxylic acid groups (broad SMARTS) is 1. The van der Waals surface area contributed by atoms with E-state index < -0.39 is 23.2 Å². The molecule has 112 valence electrons. The zero-order chi connectivity index (χ0) is 15.7. The summed E-state index contributed by atoms with van der Waals surface area (Å²) in [5.74, 6) is -1.05. The van der Waals surface area contributed by atoms with Crippen molar-refractivity contribution in [1.29, 1.82) is 5.26 Å². The second kappa shape index (κ2) is 5.28. The predicted molar refractivity (Wildman–Crippen MR) is 68.6 cm³/mol. The average Bonchev–Trinajstić information content (AvgIpc) is 2.88. The highest BCUT2D eigenvalue weighted by Crippen LogP contribution is 2.36. The van der Waals surface area contributed by atoms with Crippen molar-refractivity contribution in [2.75, 3.05) is 5.32 Å². The van der Waals surface area contributed by atoms with Crippen LogP contribution in [-0.4, -0.2) is 16.6 Å². The van der Waals surface area contributed by atoms with E-state index in [2.05, 4.69) is 5.32 Å². The van der Waals surface area contributed by atoms with Gasteiger partial charge in [0.2, 0.25) is 0 Å². The van der Waals surface area contributed by atoms with Gasteiger partial charge in [0.05, 0.1) is 16.8 Å². The lowest BCUT2D eigenvalue weighted by Gasteiger charge is -2.27. The van der Waals surface area contributed by atoms with Crippen LogP contribution in [-0.2, 0) is 11.0 Å². The molecule has 1 aliphatic carbocycles. The summed E-state index contributed by atoms with van der Waals surface area (Å²) in [6.07, 6.45) is -2.33. The number of carbonyl (C=O) groups is 1. The van der Waals surface area contributed by atoms with Crippen molar-refractivity contribution in [3.63, 3.8) is 0 Å². The molecule has 0 radical (unpaired) electrons. The van der Waals surface area contributed by atoms with Gasteiger partial charge in [0.1, 0.15) is 11.6 Å². The Hall–Kier alpha value is -2.23. The Balaban J connectivity index is 2.37. The molecule has 0 aromatic heterocycles. The Labute approximate surface area is 119 Å². The number of alkyl halides is 3. The summed E-state index contributed by atoms with van der Waals surface area (Å²) < 4.78 is 37.9. The number of halogens is 3. The number of nitriles is 1. The molecule has 0 heterocycles. The Kier molecular flexibility index (Phi) is 3.81. The lowest BCUT2D eigenvalue weighted by atomic mass is 9.96. The number of hydrogen-bond donors (Lipinski definition) is 2. The van der Waals surface area contributed by atoms with Crippen LogP contribution in [0.15, 0.2) is 18.2 Å². The maximum absolute atomic E-state index is 12.6. The van der Waals surface area contributed by atoms with Gasteiger partial charge in [0.15, 0.2) is 0 Å². The van der Waals surface area contributed by atoms with Crippen molar-refractivity contribution < 1.29 is 23.1 Å². The monoisotopic (exact) mass is 298 g/mol. The number of nitrogens with one attached hydrogen (secondary N) is 1. The molecule has 7 heteroatoms. The standard InChI is InChI=1S/C14H13F3N2O2/c15-14(16,17)10-3-4-11(9(7-10)8-18)19-13(12(20)21)5-1-2-6-13/h3-4,7,19H,1-2,5-6H2,(H,20,21). The SMILES string of the molecule is N#Cc1cc(C(F)(F)F)ccc1NC1(C(=O)O)CCCC1. The van der Waals surface area contributed by atoms with Crippen LogP contribution in [0, 0.1) is 11.3 Å². The molecule has 0 amide bonds. The van der Waals surface area contributed by atoms with Crippen molar-refractivity contribution in [1.82, 2.24) is 0 Å². The fraction of sp³-hybridized carbons (Fsp3) is 0.429. The number of anilines is 1. The van der Waals surface area contributed by atoms with Crippen LogP contribution in [0.5, 0.6) is 0 Å². The van der Waals surface area contributed by atoms with Crippen LogP contribution >= 0.6 is 0 Å². The number of nitrogens with zero attached hydrogens (tertiary/aromatic N) is 1. The van der Waals surface area contributed by atoms with Crippen molar-refractivity contribution in [3.05, 3.63) is 29.3 Å². The van der Waals surface area contributed by atoms with Gasteiger partial charge in [-0.2, -0.15) is 18.4 Å². The van der Waals surface area contributed by atoms with Crippen LogP contribution in [0.2, 0.25) is 0 Å². The number of rotatable bonds is 3. The number of benzene rings is 1. The number of aliphatic carboxylic acids is 1. The van der Waals surface area contributed by atoms with Gasteiger partial charge in [-0.1, -0.05) is 12.8 Å². The van der Waals surface area contributed by atoms with E-state index in [0.717, 1.165) is 31.0 Å². The van der Waals surface area contributed by atoms with Crippen LogP contribution < -0.4 is 5.32 Å². The molecule has 1 saturated carbocycles. The molecule has 0 unspecified atom stereocenters. The van der Waals surface area contributed by atoms with Crippen molar-refractivity contribution in [3.8, 4) is 6.07 Å². The van der Waals surface area contributed by atoms with Gasteiger partial charge < -0.3 is 10.4 Å². The zero-order valence-corrected chi connectivity index (χ0v) is 11.0. The second-order valence-electron chi connectivity index (χ2n) is 5.09. The Morgan fingerprint density at radius 2 is 1.95 bits per heavy atom. The Bertz CT molecular complexity index is 599. The molecule has 0 bridgehead atoms. The van der Waals surface area contributed by atoms with Gasteiger partial charge in [-0.3, -0.25) is 0 Å². The van der Waals surface area contributed by atoms with Gasteiger partial charge in [-0.05, 0) is 31.0 Å². The van der Waals surface area contributed by atoms with Crippen LogP contribution in [0.4, 0.5) is 18.9 Å². The largest absolute Gasteiger partial charge is 0.480 e. The number of hydrogen-bond acceptors (Lipinski definition) is 3. The summed E-state index contributed by atoms with van der Waals surface area (Å²) >= 11 is 0. The fourth-order valence-corrected chi connectivity index (χ4v) is 2.55. The molecule has 0 saturated heterocycles. The summed E-state index contributed by atoms with van der Waals surface area (Å²) in [5, 5.41) is 21.1. The number of carboxylic acids is 1. The van der Waals surface area contributed by atoms with E-state index in [1.807, 2.05) is 0 Å². The van der Waals surface area contributed by atoms with Gasteiger partial charge in [-0.15, -0.1) is 0 Å². The lowest BCUT2D eigenvalue weighted by molar-refractivity contribution is -0.142. The van der Waals surface area contributed by atoms with E-state index >= 15 is 0 Å². The van der Waals surface area contributed by atoms with Crippen molar-refractivity contribution >= 4 is 11.7 Å². The van der Waals surface area contributed by atoms with E-state index in [0.29, 0.717) is 12.8 Å². The molecule has 4 nitrogen and oxygen atoms in total. The highest BCUT2D eigenvalue weighted by Gasteiger charge is 2.42. The lowest BCUT2D eigenvalue weighted by Crippen LogP contribution is -2.43. The molecule has 1 aliphatic rings. The van der Waals surface area contributed by atoms with E-state index in [4.69, 9.17) is 5.26 Å². The summed E-state index contributed by atoms with van der Waals surface area (Å²) in [7, 11) is 0. The van der Waals surface area contributed by atoms with E-state index in [9.17, 15) is 23.1 Å². The maximum atomic E-state index is 12.6. The minimum absolute atomic E-state index is 0.120. The van der Waals surface area contributed by atoms with E-state index in [1.54, 1.807) is 6.07 Å². The molecule has 1 aromatic carbocycles. The molecule has 0 atom stereocenters. The third-order valence-corrected chi connectivity index (χ3v) is 3.71. The summed E-state index contributed by atoms with van der Waals surface area (Å²) in [5.41, 5.74) is -2.22. The topological polar surface area (TPSA) is 73.1 Å². The smallest absolute Gasteiger partial charge is 0.416 e. The third kappa shape index (κ3) is 2.94. The minimum Gasteiger partial charge on any atom is -0.480 e. The Morgan fingerprint density at radius 1 is 1.33 bits per heavy atom. The quantitative estimate of drug-likeness (QED) is 0.897. The molecular formula is C14H13F3N2O2. The first-order valence-electron chi connectivity index (χ1n) is 6.41. The molecule has 0 spiro atoms. The molecule has 2 rings (SSSR count). The predicted octanol–water partition coefficient (Wildman–Crippen LogP) is 3.39. The second-order valence-corrected chi connectivity index (χ2v) is 5.09. The third-order valence-electron chi connectivity index (χ3n) is 3.71. The molecule has 21 heavy (non-hydrogen) atoms. The summed E-state index contributed by atoms with van der Waals surface area (Å²) in [6, 6.07) is 4.37. The fourth-order valence-electron chi connectivity index (χ4n) is 2.55. The zero-order valence-electron chi connectivity index (χ0n) is 11.0. The molecule has 2 N–H and O–H groups in total. The van der Waals surface area contributed by atoms with E-state index in [-0.39, 0.29) is 11.3 Å². The molecule has 1 fully saturated rings. The normalized spacial score (nSPS) is 17.2. The average molecular weight is 298 g/mol. The van der Waals surface area contributed by atoms with Crippen LogP contribution in [0.3, 0.4) is 0 Å². The van der Waals surface area contributed by atoms with Gasteiger partial charge >= 0.3 is 12.1 Å². The summed E-state index contributed by atoms with van der Waals surface area (Å²) in [6.45, 7) is 0. The molecule has 0 aliphatic heterocycles. The van der Waals surface area contributed by atoms with Crippen molar-refractivity contribution in [2.45, 2.75) is 37.4 Å². The van der Waals surface area contributed by atoms with Crippen LogP contribution in [0.1, 0.15) is 36.8 Å². The highest BCUT2D eigenvalue weighted by atomic mass is 19.4. The van der Waals surface area contributed by atoms with Crippen molar-refractivity contribution in [2.24, 2.45) is 0 Å². The molecular weight excluding hydrogens is 285 g/mol.